The van der Waals surface area contributed by atoms with E-state index < -0.39 is 15.7 Å². The largest absolute Gasteiger partial charge is 0.497 e. The zero-order valence-corrected chi connectivity index (χ0v) is 17.7. The molecule has 31 heavy (non-hydrogen) atoms. The summed E-state index contributed by atoms with van der Waals surface area (Å²) >= 11 is 6.24. The first-order valence-electron chi connectivity index (χ1n) is 9.06. The van der Waals surface area contributed by atoms with E-state index in [1.54, 1.807) is 48.5 Å². The fourth-order valence-electron chi connectivity index (χ4n) is 2.87. The number of hydrogen-bond donors (Lipinski definition) is 1. The summed E-state index contributed by atoms with van der Waals surface area (Å²) in [6.07, 6.45) is 0. The van der Waals surface area contributed by atoms with Crippen LogP contribution < -0.4 is 10.1 Å². The van der Waals surface area contributed by atoms with Crippen LogP contribution in [0.25, 0.3) is 11.5 Å². The molecular weight excluding hydrogens is 443 g/mol. The first-order valence-corrected chi connectivity index (χ1v) is 10.9. The second-order valence-corrected chi connectivity index (χ2v) is 8.72. The molecule has 1 heterocycles. The molecule has 0 spiro atoms. The van der Waals surface area contributed by atoms with E-state index in [4.69, 9.17) is 20.8 Å². The van der Waals surface area contributed by atoms with Crippen LogP contribution in [0.3, 0.4) is 0 Å². The van der Waals surface area contributed by atoms with E-state index in [1.165, 1.54) is 19.2 Å². The van der Waals surface area contributed by atoms with Crippen molar-refractivity contribution >= 4 is 33.0 Å². The Bertz CT molecular complexity index is 1340. The Morgan fingerprint density at radius 2 is 1.77 bits per heavy atom. The Hall–Kier alpha value is -3.36. The quantitative estimate of drug-likeness (QED) is 0.372. The number of methoxy groups -OCH3 is 1. The molecule has 0 aliphatic rings. The summed E-state index contributed by atoms with van der Waals surface area (Å²) in [6.45, 7) is 0. The molecule has 0 saturated carbocycles. The van der Waals surface area contributed by atoms with E-state index in [1.807, 2.05) is 0 Å². The summed E-state index contributed by atoms with van der Waals surface area (Å²) in [7, 11) is -2.61. The van der Waals surface area contributed by atoms with Crippen molar-refractivity contribution in [3.63, 3.8) is 0 Å². The van der Waals surface area contributed by atoms with Gasteiger partial charge in [-0.25, -0.2) is 12.8 Å². The average molecular weight is 459 g/mol. The maximum Gasteiger partial charge on any atom is 0.238 e. The summed E-state index contributed by atoms with van der Waals surface area (Å²) in [5, 5.41) is 2.94. The molecule has 1 N–H and O–H groups in total. The summed E-state index contributed by atoms with van der Waals surface area (Å²) in [6, 6.07) is 18.1. The van der Waals surface area contributed by atoms with Crippen LogP contribution in [0.5, 0.6) is 5.75 Å². The highest BCUT2D eigenvalue weighted by molar-refractivity contribution is 7.91. The molecule has 0 radical (unpaired) electrons. The lowest BCUT2D eigenvalue weighted by molar-refractivity contribution is 0.415. The van der Waals surface area contributed by atoms with Gasteiger partial charge in [-0.2, -0.15) is 4.98 Å². The van der Waals surface area contributed by atoms with Crippen molar-refractivity contribution in [1.29, 1.82) is 0 Å². The SMILES string of the molecule is COc1cccc(Nc2oc(-c3ccccc3Cl)nc2S(=O)(=O)c2ccc(F)cc2)c1. The lowest BCUT2D eigenvalue weighted by Gasteiger charge is -2.07. The van der Waals surface area contributed by atoms with Crippen molar-refractivity contribution in [3.8, 4) is 17.2 Å². The number of sulfone groups is 1. The van der Waals surface area contributed by atoms with Crippen LogP contribution in [-0.4, -0.2) is 20.5 Å². The first-order chi connectivity index (χ1) is 14.9. The number of benzene rings is 3. The molecule has 4 rings (SSSR count). The van der Waals surface area contributed by atoms with Gasteiger partial charge in [0.25, 0.3) is 0 Å². The zero-order chi connectivity index (χ0) is 22.0. The Balaban J connectivity index is 1.86. The zero-order valence-electron chi connectivity index (χ0n) is 16.2. The van der Waals surface area contributed by atoms with Gasteiger partial charge in [0, 0.05) is 11.8 Å². The number of halogens is 2. The van der Waals surface area contributed by atoms with Crippen LogP contribution in [0.2, 0.25) is 5.02 Å². The highest BCUT2D eigenvalue weighted by atomic mass is 35.5. The third-order valence-electron chi connectivity index (χ3n) is 4.41. The molecule has 4 aromatic rings. The second-order valence-electron chi connectivity index (χ2n) is 6.45. The van der Waals surface area contributed by atoms with Crippen molar-refractivity contribution in [3.05, 3.63) is 83.6 Å². The Labute approximate surface area is 183 Å². The predicted octanol–water partition coefficient (Wildman–Crippen LogP) is 5.72. The molecule has 0 fully saturated rings. The van der Waals surface area contributed by atoms with E-state index in [0.29, 0.717) is 22.0 Å². The van der Waals surface area contributed by atoms with Gasteiger partial charge < -0.3 is 14.5 Å². The van der Waals surface area contributed by atoms with Gasteiger partial charge in [-0.1, -0.05) is 29.8 Å². The van der Waals surface area contributed by atoms with Gasteiger partial charge in [-0.15, -0.1) is 0 Å². The van der Waals surface area contributed by atoms with Crippen molar-refractivity contribution in [2.45, 2.75) is 9.92 Å². The lowest BCUT2D eigenvalue weighted by atomic mass is 10.2. The number of aromatic nitrogens is 1. The molecular formula is C22H16ClFN2O4S. The summed E-state index contributed by atoms with van der Waals surface area (Å²) < 4.78 is 50.8. The van der Waals surface area contributed by atoms with Gasteiger partial charge in [0.2, 0.25) is 26.6 Å². The van der Waals surface area contributed by atoms with E-state index in [-0.39, 0.29) is 21.7 Å². The van der Waals surface area contributed by atoms with E-state index >= 15 is 0 Å². The fourth-order valence-corrected chi connectivity index (χ4v) is 4.35. The first kappa shape index (κ1) is 20.9. The standard InChI is InChI=1S/C22H16ClFN2O4S/c1-29-16-6-4-5-15(13-16)25-21-22(31(27,28)17-11-9-14(24)10-12-17)26-20(30-21)18-7-2-3-8-19(18)23/h2-13,25H,1H3. The van der Waals surface area contributed by atoms with E-state index in [9.17, 15) is 12.8 Å². The second kappa shape index (κ2) is 8.41. The summed E-state index contributed by atoms with van der Waals surface area (Å²) in [5.74, 6) is -0.0615. The Kier molecular flexibility index (Phi) is 5.67. The van der Waals surface area contributed by atoms with Gasteiger partial charge in [-0.05, 0) is 48.5 Å². The van der Waals surface area contributed by atoms with Gasteiger partial charge in [0.1, 0.15) is 11.6 Å². The summed E-state index contributed by atoms with van der Waals surface area (Å²) in [5.41, 5.74) is 0.954. The van der Waals surface area contributed by atoms with Crippen LogP contribution in [0.4, 0.5) is 16.0 Å². The lowest BCUT2D eigenvalue weighted by Crippen LogP contribution is -2.05. The monoisotopic (exact) mass is 458 g/mol. The third-order valence-corrected chi connectivity index (χ3v) is 6.41. The number of nitrogens with one attached hydrogen (secondary N) is 1. The van der Waals surface area contributed by atoms with Crippen LogP contribution in [0.1, 0.15) is 0 Å². The summed E-state index contributed by atoms with van der Waals surface area (Å²) in [4.78, 5) is 4.10. The molecule has 0 atom stereocenters. The Morgan fingerprint density at radius 3 is 2.48 bits per heavy atom. The third kappa shape index (κ3) is 4.26. The number of hydrogen-bond acceptors (Lipinski definition) is 6. The van der Waals surface area contributed by atoms with Crippen molar-refractivity contribution < 1.29 is 22.0 Å². The minimum atomic E-state index is -4.13. The molecule has 0 saturated heterocycles. The number of anilines is 2. The average Bonchev–Trinajstić information content (AvgIpc) is 3.19. The normalized spacial score (nSPS) is 11.3. The molecule has 0 aliphatic heterocycles. The van der Waals surface area contributed by atoms with Crippen molar-refractivity contribution in [1.82, 2.24) is 4.98 Å². The van der Waals surface area contributed by atoms with Crippen LogP contribution in [-0.2, 0) is 9.84 Å². The Morgan fingerprint density at radius 1 is 1.03 bits per heavy atom. The molecule has 0 amide bonds. The number of ether oxygens (including phenoxy) is 1. The molecule has 3 aromatic carbocycles. The van der Waals surface area contributed by atoms with Gasteiger partial charge in [-0.3, -0.25) is 0 Å². The topological polar surface area (TPSA) is 81.4 Å². The van der Waals surface area contributed by atoms with Crippen LogP contribution in [0, 0.1) is 5.82 Å². The van der Waals surface area contributed by atoms with Crippen LogP contribution in [0.15, 0.2) is 87.1 Å². The van der Waals surface area contributed by atoms with Crippen LogP contribution >= 0.6 is 11.6 Å². The highest BCUT2D eigenvalue weighted by Gasteiger charge is 2.29. The van der Waals surface area contributed by atoms with E-state index in [0.717, 1.165) is 12.1 Å². The maximum atomic E-state index is 13.3. The molecule has 0 aliphatic carbocycles. The van der Waals surface area contributed by atoms with E-state index in [2.05, 4.69) is 10.3 Å². The molecule has 1 aromatic heterocycles. The van der Waals surface area contributed by atoms with Gasteiger partial charge in [0.15, 0.2) is 0 Å². The predicted molar refractivity (Wildman–Crippen MR) is 115 cm³/mol. The fraction of sp³-hybridized carbons (Fsp3) is 0.0455. The minimum Gasteiger partial charge on any atom is -0.497 e. The molecule has 9 heteroatoms. The molecule has 6 nitrogen and oxygen atoms in total. The van der Waals surface area contributed by atoms with Gasteiger partial charge >= 0.3 is 0 Å². The smallest absolute Gasteiger partial charge is 0.238 e. The molecule has 0 bridgehead atoms. The maximum absolute atomic E-state index is 13.3. The van der Waals surface area contributed by atoms with Crippen molar-refractivity contribution in [2.75, 3.05) is 12.4 Å². The number of rotatable bonds is 6. The molecule has 0 unspecified atom stereocenters. The minimum absolute atomic E-state index is 0.0247. The highest BCUT2D eigenvalue weighted by Crippen LogP contribution is 2.36. The van der Waals surface area contributed by atoms with Gasteiger partial charge in [0.05, 0.1) is 22.6 Å². The number of nitrogens with zero attached hydrogens (tertiary/aromatic N) is 1. The van der Waals surface area contributed by atoms with Crippen molar-refractivity contribution in [2.24, 2.45) is 0 Å². The molecule has 158 valence electrons. The number of oxazole rings is 1.